The molecule has 1 aromatic heterocycles. The SMILES string of the molecule is COc1ccc(OC)c(CC(=O)N(C)Cc2csc3ccccc23)c1. The summed E-state index contributed by atoms with van der Waals surface area (Å²) in [7, 11) is 5.06. The highest BCUT2D eigenvalue weighted by atomic mass is 32.1. The van der Waals surface area contributed by atoms with Gasteiger partial charge >= 0.3 is 0 Å². The summed E-state index contributed by atoms with van der Waals surface area (Å²) in [5, 5.41) is 3.34. The Bertz CT molecular complexity index is 888. The van der Waals surface area contributed by atoms with Gasteiger partial charge in [0.25, 0.3) is 0 Å². The number of nitrogens with zero attached hydrogens (tertiary/aromatic N) is 1. The molecular weight excluding hydrogens is 334 g/mol. The maximum absolute atomic E-state index is 12.7. The van der Waals surface area contributed by atoms with Gasteiger partial charge in [0, 0.05) is 23.9 Å². The van der Waals surface area contributed by atoms with Crippen molar-refractivity contribution in [1.29, 1.82) is 0 Å². The molecule has 3 rings (SSSR count). The van der Waals surface area contributed by atoms with Crippen molar-refractivity contribution >= 4 is 27.3 Å². The number of methoxy groups -OCH3 is 2. The van der Waals surface area contributed by atoms with Crippen molar-refractivity contribution < 1.29 is 14.3 Å². The number of rotatable bonds is 6. The third-order valence-corrected chi connectivity index (χ3v) is 5.24. The molecule has 0 fully saturated rings. The maximum atomic E-state index is 12.7. The van der Waals surface area contributed by atoms with Crippen molar-refractivity contribution in [1.82, 2.24) is 4.90 Å². The number of likely N-dealkylation sites (N-methyl/N-ethyl adjacent to an activating group) is 1. The lowest BCUT2D eigenvalue weighted by Crippen LogP contribution is -2.27. The second-order valence-electron chi connectivity index (χ2n) is 5.86. The average molecular weight is 355 g/mol. The molecule has 0 radical (unpaired) electrons. The number of thiophene rings is 1. The van der Waals surface area contributed by atoms with Gasteiger partial charge in [0.1, 0.15) is 11.5 Å². The molecular formula is C20H21NO3S. The zero-order valence-corrected chi connectivity index (χ0v) is 15.4. The first-order chi connectivity index (χ1) is 12.1. The van der Waals surface area contributed by atoms with E-state index in [1.807, 2.05) is 37.4 Å². The number of hydrogen-bond acceptors (Lipinski definition) is 4. The van der Waals surface area contributed by atoms with Crippen LogP contribution in [0.15, 0.2) is 47.8 Å². The normalized spacial score (nSPS) is 10.7. The fraction of sp³-hybridized carbons (Fsp3) is 0.250. The first kappa shape index (κ1) is 17.3. The van der Waals surface area contributed by atoms with Gasteiger partial charge in [-0.3, -0.25) is 4.79 Å². The molecule has 130 valence electrons. The van der Waals surface area contributed by atoms with Crippen LogP contribution < -0.4 is 9.47 Å². The topological polar surface area (TPSA) is 38.8 Å². The van der Waals surface area contributed by atoms with Crippen molar-refractivity contribution in [2.24, 2.45) is 0 Å². The monoisotopic (exact) mass is 355 g/mol. The summed E-state index contributed by atoms with van der Waals surface area (Å²) in [6.45, 7) is 0.592. The largest absolute Gasteiger partial charge is 0.497 e. The van der Waals surface area contributed by atoms with E-state index in [4.69, 9.17) is 9.47 Å². The van der Waals surface area contributed by atoms with Crippen molar-refractivity contribution in [3.8, 4) is 11.5 Å². The number of carbonyl (C=O) groups excluding carboxylic acids is 1. The third kappa shape index (κ3) is 3.77. The van der Waals surface area contributed by atoms with Gasteiger partial charge in [-0.25, -0.2) is 0 Å². The predicted molar refractivity (Wildman–Crippen MR) is 102 cm³/mol. The molecule has 3 aromatic rings. The summed E-state index contributed by atoms with van der Waals surface area (Å²) in [4.78, 5) is 14.4. The Morgan fingerprint density at radius 1 is 1.08 bits per heavy atom. The summed E-state index contributed by atoms with van der Waals surface area (Å²) in [5.41, 5.74) is 2.00. The van der Waals surface area contributed by atoms with Crippen LogP contribution in [0.4, 0.5) is 0 Å². The van der Waals surface area contributed by atoms with E-state index in [1.54, 1.807) is 30.5 Å². The van der Waals surface area contributed by atoms with Gasteiger partial charge in [-0.1, -0.05) is 18.2 Å². The number of hydrogen-bond donors (Lipinski definition) is 0. The number of benzene rings is 2. The van der Waals surface area contributed by atoms with E-state index in [-0.39, 0.29) is 12.3 Å². The van der Waals surface area contributed by atoms with Crippen molar-refractivity contribution in [2.75, 3.05) is 21.3 Å². The van der Waals surface area contributed by atoms with E-state index in [9.17, 15) is 4.79 Å². The van der Waals surface area contributed by atoms with E-state index in [1.165, 1.54) is 15.6 Å². The van der Waals surface area contributed by atoms with Crippen LogP contribution in [0.2, 0.25) is 0 Å². The van der Waals surface area contributed by atoms with Gasteiger partial charge in [-0.2, -0.15) is 0 Å². The quantitative estimate of drug-likeness (QED) is 0.668. The molecule has 0 saturated heterocycles. The third-order valence-electron chi connectivity index (χ3n) is 4.22. The summed E-state index contributed by atoms with van der Waals surface area (Å²) >= 11 is 1.71. The van der Waals surface area contributed by atoms with Gasteiger partial charge in [0.2, 0.25) is 5.91 Å². The van der Waals surface area contributed by atoms with E-state index in [0.717, 1.165) is 11.3 Å². The smallest absolute Gasteiger partial charge is 0.227 e. The van der Waals surface area contributed by atoms with Crippen LogP contribution in [0.1, 0.15) is 11.1 Å². The van der Waals surface area contributed by atoms with Crippen LogP contribution in [0.3, 0.4) is 0 Å². The Morgan fingerprint density at radius 3 is 2.64 bits per heavy atom. The zero-order chi connectivity index (χ0) is 17.8. The van der Waals surface area contributed by atoms with E-state index in [0.29, 0.717) is 12.3 Å². The molecule has 0 aliphatic rings. The maximum Gasteiger partial charge on any atom is 0.227 e. The lowest BCUT2D eigenvalue weighted by molar-refractivity contribution is -0.129. The first-order valence-electron chi connectivity index (χ1n) is 8.02. The van der Waals surface area contributed by atoms with Crippen LogP contribution in [0.5, 0.6) is 11.5 Å². The highest BCUT2D eigenvalue weighted by Crippen LogP contribution is 2.27. The fourth-order valence-corrected chi connectivity index (χ4v) is 3.77. The molecule has 0 unspecified atom stereocenters. The lowest BCUT2D eigenvalue weighted by atomic mass is 10.1. The molecule has 0 saturated carbocycles. The summed E-state index contributed by atoms with van der Waals surface area (Å²) in [6.07, 6.45) is 0.277. The summed E-state index contributed by atoms with van der Waals surface area (Å²) < 4.78 is 11.9. The Kier molecular flexibility index (Phi) is 5.24. The van der Waals surface area contributed by atoms with Gasteiger partial charge in [-0.15, -0.1) is 11.3 Å². The molecule has 4 nitrogen and oxygen atoms in total. The second-order valence-corrected chi connectivity index (χ2v) is 6.77. The molecule has 0 aliphatic carbocycles. The minimum atomic E-state index is 0.0434. The molecule has 0 aliphatic heterocycles. The second kappa shape index (κ2) is 7.57. The molecule has 5 heteroatoms. The van der Waals surface area contributed by atoms with Crippen LogP contribution in [-0.2, 0) is 17.8 Å². The Morgan fingerprint density at radius 2 is 1.88 bits per heavy atom. The molecule has 1 amide bonds. The molecule has 25 heavy (non-hydrogen) atoms. The van der Waals surface area contributed by atoms with Crippen LogP contribution in [0.25, 0.3) is 10.1 Å². The summed E-state index contributed by atoms with van der Waals surface area (Å²) in [5.74, 6) is 1.46. The minimum absolute atomic E-state index is 0.0434. The predicted octanol–water partition coefficient (Wildman–Crippen LogP) is 4.12. The zero-order valence-electron chi connectivity index (χ0n) is 14.6. The van der Waals surface area contributed by atoms with Gasteiger partial charge < -0.3 is 14.4 Å². The molecule has 0 atom stereocenters. The number of carbonyl (C=O) groups is 1. The van der Waals surface area contributed by atoms with Crippen molar-refractivity contribution in [2.45, 2.75) is 13.0 Å². The van der Waals surface area contributed by atoms with E-state index < -0.39 is 0 Å². The van der Waals surface area contributed by atoms with Crippen LogP contribution in [-0.4, -0.2) is 32.1 Å². The number of fused-ring (bicyclic) bond motifs is 1. The van der Waals surface area contributed by atoms with Gasteiger partial charge in [0.15, 0.2) is 0 Å². The lowest BCUT2D eigenvalue weighted by Gasteiger charge is -2.18. The van der Waals surface area contributed by atoms with Gasteiger partial charge in [-0.05, 0) is 40.6 Å². The van der Waals surface area contributed by atoms with Crippen LogP contribution >= 0.6 is 11.3 Å². The van der Waals surface area contributed by atoms with Gasteiger partial charge in [0.05, 0.1) is 20.6 Å². The average Bonchev–Trinajstić information content (AvgIpc) is 3.04. The Hall–Kier alpha value is -2.53. The summed E-state index contributed by atoms with van der Waals surface area (Å²) in [6, 6.07) is 13.8. The van der Waals surface area contributed by atoms with E-state index in [2.05, 4.69) is 17.5 Å². The molecule has 2 aromatic carbocycles. The Balaban J connectivity index is 1.75. The first-order valence-corrected chi connectivity index (χ1v) is 8.90. The van der Waals surface area contributed by atoms with Crippen molar-refractivity contribution in [3.63, 3.8) is 0 Å². The van der Waals surface area contributed by atoms with Crippen molar-refractivity contribution in [3.05, 3.63) is 59.0 Å². The number of amides is 1. The molecule has 0 bridgehead atoms. The van der Waals surface area contributed by atoms with Crippen LogP contribution in [0, 0.1) is 0 Å². The highest BCUT2D eigenvalue weighted by molar-refractivity contribution is 7.17. The number of ether oxygens (including phenoxy) is 2. The molecule has 0 N–H and O–H groups in total. The standard InChI is InChI=1S/C20H21NO3S/c1-21(12-15-13-25-19-7-5-4-6-17(15)19)20(22)11-14-10-16(23-2)8-9-18(14)24-3/h4-10,13H,11-12H2,1-3H3. The fourth-order valence-electron chi connectivity index (χ4n) is 2.82. The highest BCUT2D eigenvalue weighted by Gasteiger charge is 2.15. The molecule has 0 spiro atoms. The van der Waals surface area contributed by atoms with E-state index >= 15 is 0 Å². The Labute approximate surface area is 151 Å². The molecule has 1 heterocycles. The minimum Gasteiger partial charge on any atom is -0.497 e.